The summed E-state index contributed by atoms with van der Waals surface area (Å²) in [6, 6.07) is 8.76. The van der Waals surface area contributed by atoms with Crippen LogP contribution in [0.25, 0.3) is 11.3 Å². The van der Waals surface area contributed by atoms with Crippen molar-refractivity contribution in [2.45, 2.75) is 18.7 Å². The number of hydrogen-bond donors (Lipinski definition) is 1. The number of benzene rings is 1. The highest BCUT2D eigenvalue weighted by molar-refractivity contribution is 7.90. The second-order valence-corrected chi connectivity index (χ2v) is 9.80. The highest BCUT2D eigenvalue weighted by Gasteiger charge is 2.25. The zero-order chi connectivity index (χ0) is 24.2. The molecule has 3 aromatic rings. The molecule has 0 radical (unpaired) electrons. The van der Waals surface area contributed by atoms with Crippen LogP contribution < -0.4 is 5.32 Å². The fraction of sp³-hybridized carbons (Fsp3) is 0.227. The van der Waals surface area contributed by atoms with E-state index in [1.165, 1.54) is 24.3 Å². The van der Waals surface area contributed by atoms with E-state index in [0.717, 1.165) is 17.6 Å². The first-order valence-corrected chi connectivity index (χ1v) is 12.5. The zero-order valence-corrected chi connectivity index (χ0v) is 19.7. The second kappa shape index (κ2) is 10.0. The van der Waals surface area contributed by atoms with E-state index in [0.29, 0.717) is 17.1 Å². The number of aryl methyl sites for hydroxylation is 1. The third-order valence-electron chi connectivity index (χ3n) is 4.36. The molecule has 0 unspecified atom stereocenters. The van der Waals surface area contributed by atoms with Crippen LogP contribution in [0.1, 0.15) is 33.4 Å². The Hall–Kier alpha value is -3.44. The topological polar surface area (TPSA) is 129 Å². The molecular formula is C22H21NO8S2. The summed E-state index contributed by atoms with van der Waals surface area (Å²) in [5, 5.41) is 4.43. The van der Waals surface area contributed by atoms with E-state index in [1.807, 2.05) is 0 Å². The molecule has 0 aliphatic heterocycles. The number of carbonyl (C=O) groups is 3. The summed E-state index contributed by atoms with van der Waals surface area (Å²) < 4.78 is 39.0. The highest BCUT2D eigenvalue weighted by Crippen LogP contribution is 2.37. The number of nitrogens with one attached hydrogen (secondary N) is 1. The van der Waals surface area contributed by atoms with Crippen molar-refractivity contribution >= 4 is 44.0 Å². The van der Waals surface area contributed by atoms with Gasteiger partial charge in [0.1, 0.15) is 22.1 Å². The van der Waals surface area contributed by atoms with Crippen molar-refractivity contribution in [2.75, 3.05) is 24.8 Å². The maximum Gasteiger partial charge on any atom is 0.341 e. The summed E-state index contributed by atoms with van der Waals surface area (Å²) in [5.41, 5.74) is 0.595. The summed E-state index contributed by atoms with van der Waals surface area (Å²) in [6.07, 6.45) is 1.02. The van der Waals surface area contributed by atoms with Gasteiger partial charge in [0.2, 0.25) is 0 Å². The fourth-order valence-electron chi connectivity index (χ4n) is 2.85. The average molecular weight is 492 g/mol. The minimum Gasteiger partial charge on any atom is -0.462 e. The molecule has 0 spiro atoms. The van der Waals surface area contributed by atoms with E-state index < -0.39 is 34.3 Å². The lowest BCUT2D eigenvalue weighted by Crippen LogP contribution is -2.22. The van der Waals surface area contributed by atoms with Gasteiger partial charge in [-0.25, -0.2) is 18.0 Å². The van der Waals surface area contributed by atoms with Crippen LogP contribution in [0.3, 0.4) is 0 Å². The predicted molar refractivity (Wildman–Crippen MR) is 121 cm³/mol. The lowest BCUT2D eigenvalue weighted by atomic mass is 10.1. The van der Waals surface area contributed by atoms with Gasteiger partial charge in [0, 0.05) is 17.2 Å². The van der Waals surface area contributed by atoms with Gasteiger partial charge in [-0.05, 0) is 44.2 Å². The molecule has 11 heteroatoms. The minimum atomic E-state index is -3.50. The minimum absolute atomic E-state index is 0.00969. The molecule has 1 aromatic carbocycles. The molecule has 0 fully saturated rings. The molecule has 33 heavy (non-hydrogen) atoms. The van der Waals surface area contributed by atoms with Crippen molar-refractivity contribution < 1.29 is 36.7 Å². The molecule has 1 N–H and O–H groups in total. The fourth-order valence-corrected chi connectivity index (χ4v) is 4.47. The number of sulfone groups is 1. The standard InChI is InChI=1S/C22H21NO8S2/c1-4-29-22(26)19-16(17-9-8-13(2)31-17)12-32-20(19)23-18(24)11-30-21(25)14-6-5-7-15(10-14)33(3,27)28/h5-10,12H,4,11H2,1-3H3,(H,23,24). The van der Waals surface area contributed by atoms with Gasteiger partial charge in [0.15, 0.2) is 16.4 Å². The zero-order valence-electron chi connectivity index (χ0n) is 18.0. The third-order valence-corrected chi connectivity index (χ3v) is 6.37. The van der Waals surface area contributed by atoms with Gasteiger partial charge in [0.05, 0.1) is 17.1 Å². The number of ether oxygens (including phenoxy) is 2. The summed E-state index contributed by atoms with van der Waals surface area (Å²) in [7, 11) is -3.50. The van der Waals surface area contributed by atoms with Crippen molar-refractivity contribution in [1.29, 1.82) is 0 Å². The molecule has 9 nitrogen and oxygen atoms in total. The van der Waals surface area contributed by atoms with E-state index in [-0.39, 0.29) is 27.6 Å². The Bertz CT molecular complexity index is 1300. The maximum atomic E-state index is 12.5. The molecule has 0 atom stereocenters. The predicted octanol–water partition coefficient (Wildman–Crippen LogP) is 3.69. The van der Waals surface area contributed by atoms with Gasteiger partial charge in [-0.2, -0.15) is 0 Å². The summed E-state index contributed by atoms with van der Waals surface area (Å²) in [4.78, 5) is 37.1. The largest absolute Gasteiger partial charge is 0.462 e. The average Bonchev–Trinajstić information content (AvgIpc) is 3.37. The van der Waals surface area contributed by atoms with Gasteiger partial charge in [0.25, 0.3) is 5.91 Å². The number of rotatable bonds is 8. The van der Waals surface area contributed by atoms with Crippen LogP contribution in [0.15, 0.2) is 51.1 Å². The van der Waals surface area contributed by atoms with Gasteiger partial charge < -0.3 is 19.2 Å². The molecule has 0 saturated carbocycles. The molecule has 0 saturated heterocycles. The Morgan fingerprint density at radius 1 is 1.09 bits per heavy atom. The van der Waals surface area contributed by atoms with Crippen LogP contribution in [0, 0.1) is 6.92 Å². The second-order valence-electron chi connectivity index (χ2n) is 6.91. The first-order chi connectivity index (χ1) is 15.6. The summed E-state index contributed by atoms with van der Waals surface area (Å²) in [6.45, 7) is 2.93. The Kier molecular flexibility index (Phi) is 7.34. The number of anilines is 1. The van der Waals surface area contributed by atoms with Gasteiger partial charge in [-0.3, -0.25) is 4.79 Å². The number of thiophene rings is 1. The Morgan fingerprint density at radius 3 is 2.48 bits per heavy atom. The monoisotopic (exact) mass is 491 g/mol. The van der Waals surface area contributed by atoms with Crippen molar-refractivity contribution in [3.05, 3.63) is 58.7 Å². The smallest absolute Gasteiger partial charge is 0.341 e. The molecule has 2 heterocycles. The molecule has 1 amide bonds. The van der Waals surface area contributed by atoms with Gasteiger partial charge in [-0.1, -0.05) is 6.07 Å². The van der Waals surface area contributed by atoms with E-state index in [4.69, 9.17) is 13.9 Å². The number of furan rings is 1. The molecule has 0 aliphatic rings. The Balaban J connectivity index is 1.73. The third kappa shape index (κ3) is 5.88. The Labute approximate surface area is 194 Å². The van der Waals surface area contributed by atoms with E-state index in [1.54, 1.807) is 31.4 Å². The van der Waals surface area contributed by atoms with Crippen LogP contribution in [0.4, 0.5) is 5.00 Å². The van der Waals surface area contributed by atoms with E-state index in [9.17, 15) is 22.8 Å². The number of carbonyl (C=O) groups excluding carboxylic acids is 3. The van der Waals surface area contributed by atoms with E-state index >= 15 is 0 Å². The van der Waals surface area contributed by atoms with Crippen LogP contribution in [0.5, 0.6) is 0 Å². The Morgan fingerprint density at radius 2 is 1.85 bits per heavy atom. The normalized spacial score (nSPS) is 11.1. The van der Waals surface area contributed by atoms with Crippen molar-refractivity contribution in [3.63, 3.8) is 0 Å². The van der Waals surface area contributed by atoms with Crippen molar-refractivity contribution in [1.82, 2.24) is 0 Å². The first-order valence-electron chi connectivity index (χ1n) is 9.72. The summed E-state index contributed by atoms with van der Waals surface area (Å²) in [5.74, 6) is -1.07. The first kappa shape index (κ1) is 24.2. The van der Waals surface area contributed by atoms with Crippen molar-refractivity contribution in [3.8, 4) is 11.3 Å². The molecule has 2 aromatic heterocycles. The lowest BCUT2D eigenvalue weighted by molar-refractivity contribution is -0.119. The molecular weight excluding hydrogens is 470 g/mol. The quantitative estimate of drug-likeness (QED) is 0.472. The van der Waals surface area contributed by atoms with E-state index in [2.05, 4.69) is 5.32 Å². The van der Waals surface area contributed by atoms with Gasteiger partial charge in [-0.15, -0.1) is 11.3 Å². The maximum absolute atomic E-state index is 12.5. The summed E-state index contributed by atoms with van der Waals surface area (Å²) >= 11 is 1.10. The SMILES string of the molecule is CCOC(=O)c1c(-c2ccc(C)o2)csc1NC(=O)COC(=O)c1cccc(S(C)(=O)=O)c1. The van der Waals surface area contributed by atoms with Gasteiger partial charge >= 0.3 is 11.9 Å². The molecule has 3 rings (SSSR count). The molecule has 0 aliphatic carbocycles. The molecule has 0 bridgehead atoms. The van der Waals surface area contributed by atoms with Crippen LogP contribution >= 0.6 is 11.3 Å². The number of hydrogen-bond acceptors (Lipinski definition) is 9. The highest BCUT2D eigenvalue weighted by atomic mass is 32.2. The molecule has 174 valence electrons. The van der Waals surface area contributed by atoms with Crippen molar-refractivity contribution in [2.24, 2.45) is 0 Å². The number of amides is 1. The van der Waals surface area contributed by atoms with Crippen LogP contribution in [-0.2, 0) is 24.1 Å². The number of esters is 2. The lowest BCUT2D eigenvalue weighted by Gasteiger charge is -2.09. The van der Waals surface area contributed by atoms with Crippen LogP contribution in [-0.4, -0.2) is 45.7 Å². The van der Waals surface area contributed by atoms with Crippen LogP contribution in [0.2, 0.25) is 0 Å².